The zero-order valence-electron chi connectivity index (χ0n) is 10.8. The topological polar surface area (TPSA) is 54.0 Å². The molecule has 0 saturated carbocycles. The summed E-state index contributed by atoms with van der Waals surface area (Å²) in [6.07, 6.45) is 3.59. The zero-order valence-corrected chi connectivity index (χ0v) is 11.6. The summed E-state index contributed by atoms with van der Waals surface area (Å²) >= 11 is 1.73. The first-order chi connectivity index (χ1) is 9.83. The van der Waals surface area contributed by atoms with E-state index >= 15 is 0 Å². The maximum Gasteiger partial charge on any atom is 0.242 e. The second-order valence-electron chi connectivity index (χ2n) is 4.57. The van der Waals surface area contributed by atoms with Gasteiger partial charge in [-0.1, -0.05) is 24.3 Å². The highest BCUT2D eigenvalue weighted by Crippen LogP contribution is 2.32. The molecular weight excluding hydrogens is 270 g/mol. The van der Waals surface area contributed by atoms with Crippen molar-refractivity contribution in [1.29, 1.82) is 0 Å². The van der Waals surface area contributed by atoms with E-state index in [1.54, 1.807) is 18.0 Å². The number of carbonyl (C=O) groups is 1. The van der Waals surface area contributed by atoms with Gasteiger partial charge in [-0.25, -0.2) is 0 Å². The number of carbonyl (C=O) groups excluding carboxylic acids is 1. The number of hydrogen-bond donors (Lipinski definition) is 2. The Labute approximate surface area is 122 Å². The Balaban J connectivity index is 1.61. The second kappa shape index (κ2) is 6.07. The molecule has 0 bridgehead atoms. The number of nitrogens with zero attached hydrogens (tertiary/aromatic N) is 1. The van der Waals surface area contributed by atoms with Gasteiger partial charge >= 0.3 is 0 Å². The molecule has 1 aliphatic rings. The molecule has 1 aromatic carbocycles. The first-order valence-corrected chi connectivity index (χ1v) is 7.51. The molecule has 2 atom stereocenters. The lowest BCUT2D eigenvalue weighted by molar-refractivity contribution is -0.117. The summed E-state index contributed by atoms with van der Waals surface area (Å²) in [4.78, 5) is 16.3. The first kappa shape index (κ1) is 13.1. The molecule has 2 N–H and O–H groups in total. The van der Waals surface area contributed by atoms with E-state index in [9.17, 15) is 4.79 Å². The Bertz CT molecular complexity index is 576. The van der Waals surface area contributed by atoms with Crippen LogP contribution in [0.4, 0.5) is 5.69 Å². The van der Waals surface area contributed by atoms with Crippen LogP contribution in [0.5, 0.6) is 0 Å². The van der Waals surface area contributed by atoms with Crippen molar-refractivity contribution in [2.24, 2.45) is 0 Å². The fraction of sp³-hybridized carbons (Fsp3) is 0.200. The average molecular weight is 285 g/mol. The van der Waals surface area contributed by atoms with Crippen molar-refractivity contribution in [1.82, 2.24) is 10.3 Å². The third-order valence-corrected chi connectivity index (χ3v) is 4.39. The molecule has 4 nitrogen and oxygen atoms in total. The van der Waals surface area contributed by atoms with Crippen LogP contribution in [0.1, 0.15) is 10.9 Å². The number of pyridine rings is 1. The Morgan fingerprint density at radius 3 is 2.85 bits per heavy atom. The minimum atomic E-state index is -0.176. The number of para-hydroxylation sites is 1. The Morgan fingerprint density at radius 1 is 1.25 bits per heavy atom. The smallest absolute Gasteiger partial charge is 0.242 e. The van der Waals surface area contributed by atoms with Crippen molar-refractivity contribution in [2.75, 3.05) is 11.1 Å². The zero-order chi connectivity index (χ0) is 13.8. The van der Waals surface area contributed by atoms with Crippen LogP contribution in [-0.2, 0) is 4.79 Å². The summed E-state index contributed by atoms with van der Waals surface area (Å²) in [7, 11) is 0. The normalized spacial score (nSPS) is 21.6. The lowest BCUT2D eigenvalue weighted by atomic mass is 10.2. The highest BCUT2D eigenvalue weighted by molar-refractivity contribution is 7.99. The van der Waals surface area contributed by atoms with Gasteiger partial charge in [0.2, 0.25) is 5.91 Å². The summed E-state index contributed by atoms with van der Waals surface area (Å²) in [6, 6.07) is 13.3. The van der Waals surface area contributed by atoms with E-state index in [1.165, 1.54) is 0 Å². The van der Waals surface area contributed by atoms with Crippen LogP contribution in [-0.4, -0.2) is 22.7 Å². The number of nitrogens with one attached hydrogen (secondary N) is 2. The van der Waals surface area contributed by atoms with Crippen LogP contribution in [0.25, 0.3) is 0 Å². The average Bonchev–Trinajstić information content (AvgIpc) is 2.99. The molecule has 1 amide bonds. The van der Waals surface area contributed by atoms with E-state index in [4.69, 9.17) is 0 Å². The third kappa shape index (κ3) is 3.00. The maximum atomic E-state index is 12.2. The van der Waals surface area contributed by atoms with Gasteiger partial charge < -0.3 is 5.32 Å². The molecule has 2 unspecified atom stereocenters. The van der Waals surface area contributed by atoms with E-state index in [-0.39, 0.29) is 17.3 Å². The number of rotatable bonds is 3. The number of thioether (sulfide) groups is 1. The highest BCUT2D eigenvalue weighted by atomic mass is 32.2. The van der Waals surface area contributed by atoms with Crippen molar-refractivity contribution in [3.63, 3.8) is 0 Å². The molecule has 2 heterocycles. The van der Waals surface area contributed by atoms with E-state index in [1.807, 2.05) is 48.7 Å². The number of amides is 1. The molecule has 3 rings (SSSR count). The monoisotopic (exact) mass is 285 g/mol. The van der Waals surface area contributed by atoms with Crippen molar-refractivity contribution in [2.45, 2.75) is 11.4 Å². The quantitative estimate of drug-likeness (QED) is 0.909. The molecule has 1 aliphatic heterocycles. The van der Waals surface area contributed by atoms with Gasteiger partial charge in [-0.3, -0.25) is 15.1 Å². The van der Waals surface area contributed by atoms with Crippen LogP contribution in [0.2, 0.25) is 0 Å². The Morgan fingerprint density at radius 2 is 2.10 bits per heavy atom. The van der Waals surface area contributed by atoms with Gasteiger partial charge in [0.25, 0.3) is 0 Å². The van der Waals surface area contributed by atoms with Crippen molar-refractivity contribution >= 4 is 23.4 Å². The molecule has 1 saturated heterocycles. The predicted molar refractivity (Wildman–Crippen MR) is 81.4 cm³/mol. The summed E-state index contributed by atoms with van der Waals surface area (Å²) in [5.41, 5.74) is 1.93. The van der Waals surface area contributed by atoms with E-state index in [2.05, 4.69) is 15.6 Å². The molecule has 102 valence electrons. The summed E-state index contributed by atoms with van der Waals surface area (Å²) in [5, 5.41) is 6.40. The fourth-order valence-corrected chi connectivity index (χ4v) is 3.32. The van der Waals surface area contributed by atoms with Gasteiger partial charge in [-0.05, 0) is 23.8 Å². The van der Waals surface area contributed by atoms with Gasteiger partial charge in [-0.2, -0.15) is 0 Å². The minimum absolute atomic E-state index is 0.00934. The summed E-state index contributed by atoms with van der Waals surface area (Å²) in [5.74, 6) is 0.771. The van der Waals surface area contributed by atoms with Crippen molar-refractivity contribution in [3.05, 3.63) is 60.4 Å². The minimum Gasteiger partial charge on any atom is -0.325 e. The Hall–Kier alpha value is -1.85. The lowest BCUT2D eigenvalue weighted by Gasteiger charge is -2.13. The van der Waals surface area contributed by atoms with Crippen LogP contribution >= 0.6 is 11.8 Å². The predicted octanol–water partition coefficient (Wildman–Crippen LogP) is 2.42. The molecule has 0 spiro atoms. The molecule has 1 fully saturated rings. The molecule has 2 aromatic rings. The summed E-state index contributed by atoms with van der Waals surface area (Å²) in [6.45, 7) is 0. The number of benzene rings is 1. The van der Waals surface area contributed by atoms with Gasteiger partial charge in [-0.15, -0.1) is 11.8 Å². The maximum absolute atomic E-state index is 12.2. The van der Waals surface area contributed by atoms with Crippen LogP contribution in [0, 0.1) is 0 Å². The SMILES string of the molecule is O=C(Nc1ccccc1)C1CSC(c2cccnc2)N1. The van der Waals surface area contributed by atoms with E-state index < -0.39 is 0 Å². The number of anilines is 1. The largest absolute Gasteiger partial charge is 0.325 e. The molecule has 20 heavy (non-hydrogen) atoms. The Kier molecular flexibility index (Phi) is 3.99. The second-order valence-corrected chi connectivity index (χ2v) is 5.71. The summed E-state index contributed by atoms with van der Waals surface area (Å²) < 4.78 is 0. The standard InChI is InChI=1S/C15H15N3OS/c19-14(17-12-6-2-1-3-7-12)13-10-20-15(18-13)11-5-4-8-16-9-11/h1-9,13,15,18H,10H2,(H,17,19). The van der Waals surface area contributed by atoms with E-state index in [0.29, 0.717) is 0 Å². The van der Waals surface area contributed by atoms with Crippen LogP contribution < -0.4 is 10.6 Å². The van der Waals surface area contributed by atoms with Gasteiger partial charge in [0, 0.05) is 23.8 Å². The van der Waals surface area contributed by atoms with Gasteiger partial charge in [0.15, 0.2) is 0 Å². The fourth-order valence-electron chi connectivity index (χ4n) is 2.10. The third-order valence-electron chi connectivity index (χ3n) is 3.13. The molecule has 0 radical (unpaired) electrons. The molecule has 1 aromatic heterocycles. The lowest BCUT2D eigenvalue weighted by Crippen LogP contribution is -2.38. The van der Waals surface area contributed by atoms with Gasteiger partial charge in [0.05, 0.1) is 11.4 Å². The number of aromatic nitrogens is 1. The van der Waals surface area contributed by atoms with E-state index in [0.717, 1.165) is 17.0 Å². The molecular formula is C15H15N3OS. The van der Waals surface area contributed by atoms with Gasteiger partial charge in [0.1, 0.15) is 0 Å². The van der Waals surface area contributed by atoms with Crippen LogP contribution in [0.3, 0.4) is 0 Å². The van der Waals surface area contributed by atoms with Crippen molar-refractivity contribution < 1.29 is 4.79 Å². The molecule has 5 heteroatoms. The van der Waals surface area contributed by atoms with Crippen molar-refractivity contribution in [3.8, 4) is 0 Å². The highest BCUT2D eigenvalue weighted by Gasteiger charge is 2.30. The molecule has 0 aliphatic carbocycles. The first-order valence-electron chi connectivity index (χ1n) is 6.46. The van der Waals surface area contributed by atoms with Crippen LogP contribution in [0.15, 0.2) is 54.9 Å². The number of hydrogen-bond acceptors (Lipinski definition) is 4.